The molecular weight excluding hydrogens is 350 g/mol. The molecule has 1 atom stereocenters. The summed E-state index contributed by atoms with van der Waals surface area (Å²) in [6.45, 7) is 2.26. The molecule has 0 aliphatic heterocycles. The van der Waals surface area contributed by atoms with Crippen molar-refractivity contribution in [2.75, 3.05) is 19.4 Å². The van der Waals surface area contributed by atoms with Crippen molar-refractivity contribution in [3.63, 3.8) is 0 Å². The summed E-state index contributed by atoms with van der Waals surface area (Å²) in [5.41, 5.74) is 2.91. The van der Waals surface area contributed by atoms with Crippen LogP contribution < -0.4 is 9.46 Å². The number of ether oxygens (including phenoxy) is 1. The molecule has 1 unspecified atom stereocenters. The Labute approximate surface area is 153 Å². The zero-order chi connectivity index (χ0) is 18.6. The van der Waals surface area contributed by atoms with Crippen LogP contribution in [0.5, 0.6) is 5.75 Å². The SMILES string of the molecule is COc1ccccc1CCNS(=O)(=O)CC(C)c1ccc2[nH]ncc2c1. The Balaban J connectivity index is 1.59. The number of sulfonamides is 1. The Morgan fingerprint density at radius 1 is 1.23 bits per heavy atom. The minimum Gasteiger partial charge on any atom is -0.496 e. The molecular formula is C19H23N3O3S. The van der Waals surface area contributed by atoms with Gasteiger partial charge in [-0.3, -0.25) is 5.10 Å². The van der Waals surface area contributed by atoms with Gasteiger partial charge in [-0.2, -0.15) is 5.10 Å². The first kappa shape index (κ1) is 18.4. The molecule has 0 spiro atoms. The Hall–Kier alpha value is -2.38. The van der Waals surface area contributed by atoms with Crippen molar-refractivity contribution >= 4 is 20.9 Å². The molecule has 2 N–H and O–H groups in total. The van der Waals surface area contributed by atoms with Crippen LogP contribution in [0.2, 0.25) is 0 Å². The highest BCUT2D eigenvalue weighted by Gasteiger charge is 2.17. The topological polar surface area (TPSA) is 84.1 Å². The van der Waals surface area contributed by atoms with Crippen LogP contribution in [0.25, 0.3) is 10.9 Å². The van der Waals surface area contributed by atoms with Gasteiger partial charge in [-0.05, 0) is 41.7 Å². The molecule has 26 heavy (non-hydrogen) atoms. The van der Waals surface area contributed by atoms with Gasteiger partial charge in [0.05, 0.1) is 24.6 Å². The van der Waals surface area contributed by atoms with E-state index in [4.69, 9.17) is 4.74 Å². The lowest BCUT2D eigenvalue weighted by Gasteiger charge is -2.14. The van der Waals surface area contributed by atoms with E-state index in [1.165, 1.54) is 0 Å². The van der Waals surface area contributed by atoms with Gasteiger partial charge in [0.2, 0.25) is 10.0 Å². The number of aromatic amines is 1. The lowest BCUT2D eigenvalue weighted by molar-refractivity contribution is 0.409. The van der Waals surface area contributed by atoms with E-state index in [9.17, 15) is 8.42 Å². The lowest BCUT2D eigenvalue weighted by Crippen LogP contribution is -2.30. The van der Waals surface area contributed by atoms with Gasteiger partial charge >= 0.3 is 0 Å². The predicted octanol–water partition coefficient (Wildman–Crippen LogP) is 2.84. The van der Waals surface area contributed by atoms with Crippen LogP contribution in [0.15, 0.2) is 48.7 Å². The number of hydrogen-bond acceptors (Lipinski definition) is 4. The molecule has 1 heterocycles. The number of rotatable bonds is 8. The largest absolute Gasteiger partial charge is 0.496 e. The molecule has 0 radical (unpaired) electrons. The van der Waals surface area contributed by atoms with Gasteiger partial charge < -0.3 is 4.74 Å². The average molecular weight is 373 g/mol. The van der Waals surface area contributed by atoms with Gasteiger partial charge in [-0.15, -0.1) is 0 Å². The highest BCUT2D eigenvalue weighted by atomic mass is 32.2. The number of nitrogens with zero attached hydrogens (tertiary/aromatic N) is 1. The number of benzene rings is 2. The fourth-order valence-corrected chi connectivity index (χ4v) is 4.38. The van der Waals surface area contributed by atoms with E-state index in [0.717, 1.165) is 27.8 Å². The second-order valence-electron chi connectivity index (χ2n) is 6.36. The van der Waals surface area contributed by atoms with Crippen LogP contribution in [0.3, 0.4) is 0 Å². The maximum atomic E-state index is 12.4. The molecule has 3 rings (SSSR count). The minimum atomic E-state index is -3.37. The summed E-state index contributed by atoms with van der Waals surface area (Å²) in [5, 5.41) is 7.87. The summed E-state index contributed by atoms with van der Waals surface area (Å²) in [4.78, 5) is 0. The van der Waals surface area contributed by atoms with Crippen LogP contribution >= 0.6 is 0 Å². The molecule has 0 aliphatic carbocycles. The first-order valence-electron chi connectivity index (χ1n) is 8.51. The van der Waals surface area contributed by atoms with Gasteiger partial charge in [-0.25, -0.2) is 13.1 Å². The number of fused-ring (bicyclic) bond motifs is 1. The summed E-state index contributed by atoms with van der Waals surface area (Å²) in [6, 6.07) is 13.5. The second kappa shape index (κ2) is 7.88. The molecule has 138 valence electrons. The lowest BCUT2D eigenvalue weighted by atomic mass is 10.0. The molecule has 7 heteroatoms. The third kappa shape index (κ3) is 4.42. The molecule has 0 saturated heterocycles. The Morgan fingerprint density at radius 3 is 2.85 bits per heavy atom. The molecule has 0 bridgehead atoms. The van der Waals surface area contributed by atoms with Crippen molar-refractivity contribution in [1.82, 2.24) is 14.9 Å². The van der Waals surface area contributed by atoms with Crippen molar-refractivity contribution in [1.29, 1.82) is 0 Å². The van der Waals surface area contributed by atoms with E-state index in [1.54, 1.807) is 13.3 Å². The Kier molecular flexibility index (Phi) is 5.58. The molecule has 1 aromatic heterocycles. The minimum absolute atomic E-state index is 0.0439. The Morgan fingerprint density at radius 2 is 2.04 bits per heavy atom. The first-order chi connectivity index (χ1) is 12.5. The van der Waals surface area contributed by atoms with Crippen molar-refractivity contribution < 1.29 is 13.2 Å². The van der Waals surface area contributed by atoms with E-state index in [-0.39, 0.29) is 11.7 Å². The average Bonchev–Trinajstić information content (AvgIpc) is 3.09. The highest BCUT2D eigenvalue weighted by Crippen LogP contribution is 2.22. The summed E-state index contributed by atoms with van der Waals surface area (Å²) < 4.78 is 32.8. The quantitative estimate of drug-likeness (QED) is 0.636. The molecule has 0 saturated carbocycles. The van der Waals surface area contributed by atoms with E-state index < -0.39 is 10.0 Å². The first-order valence-corrected chi connectivity index (χ1v) is 10.2. The maximum Gasteiger partial charge on any atom is 0.212 e. The van der Waals surface area contributed by atoms with E-state index >= 15 is 0 Å². The van der Waals surface area contributed by atoms with Gasteiger partial charge in [0.15, 0.2) is 0 Å². The smallest absolute Gasteiger partial charge is 0.212 e. The van der Waals surface area contributed by atoms with Crippen LogP contribution in [-0.2, 0) is 16.4 Å². The third-order valence-electron chi connectivity index (χ3n) is 4.41. The number of methoxy groups -OCH3 is 1. The van der Waals surface area contributed by atoms with Crippen LogP contribution in [-0.4, -0.2) is 38.0 Å². The van der Waals surface area contributed by atoms with Crippen LogP contribution in [0, 0.1) is 0 Å². The number of nitrogens with one attached hydrogen (secondary N) is 2. The van der Waals surface area contributed by atoms with Crippen LogP contribution in [0.4, 0.5) is 0 Å². The molecule has 6 nitrogen and oxygen atoms in total. The summed E-state index contributed by atoms with van der Waals surface area (Å²) in [5.74, 6) is 0.703. The molecule has 0 fully saturated rings. The van der Waals surface area contributed by atoms with Crippen molar-refractivity contribution in [2.24, 2.45) is 0 Å². The highest BCUT2D eigenvalue weighted by molar-refractivity contribution is 7.89. The monoisotopic (exact) mass is 373 g/mol. The standard InChI is InChI=1S/C19H23N3O3S/c1-14(16-7-8-18-17(11-16)12-20-22-18)13-26(23,24)21-10-9-15-5-3-4-6-19(15)25-2/h3-8,11-12,14,21H,9-10,13H2,1-2H3,(H,20,22). The third-order valence-corrected chi connectivity index (χ3v) is 5.99. The number of para-hydroxylation sites is 1. The van der Waals surface area contributed by atoms with Gasteiger partial charge in [0.1, 0.15) is 5.75 Å². The number of aromatic nitrogens is 2. The van der Waals surface area contributed by atoms with Gasteiger partial charge in [0.25, 0.3) is 0 Å². The van der Waals surface area contributed by atoms with E-state index in [1.807, 2.05) is 49.4 Å². The van der Waals surface area contributed by atoms with E-state index in [0.29, 0.717) is 13.0 Å². The zero-order valence-electron chi connectivity index (χ0n) is 14.9. The fraction of sp³-hybridized carbons (Fsp3) is 0.316. The predicted molar refractivity (Wildman–Crippen MR) is 103 cm³/mol. The molecule has 0 amide bonds. The van der Waals surface area contributed by atoms with Crippen molar-refractivity contribution in [3.8, 4) is 5.75 Å². The molecule has 2 aromatic carbocycles. The maximum absolute atomic E-state index is 12.4. The van der Waals surface area contributed by atoms with Crippen molar-refractivity contribution in [3.05, 3.63) is 59.8 Å². The fourth-order valence-electron chi connectivity index (χ4n) is 3.00. The number of H-pyrrole nitrogens is 1. The Bertz CT molecular complexity index is 982. The molecule has 3 aromatic rings. The van der Waals surface area contributed by atoms with E-state index in [2.05, 4.69) is 14.9 Å². The zero-order valence-corrected chi connectivity index (χ0v) is 15.7. The summed E-state index contributed by atoms with van der Waals surface area (Å²) >= 11 is 0. The van der Waals surface area contributed by atoms with Gasteiger partial charge in [-0.1, -0.05) is 31.2 Å². The van der Waals surface area contributed by atoms with Crippen molar-refractivity contribution in [2.45, 2.75) is 19.3 Å². The summed E-state index contributed by atoms with van der Waals surface area (Å²) in [7, 11) is -1.76. The second-order valence-corrected chi connectivity index (χ2v) is 8.21. The summed E-state index contributed by atoms with van der Waals surface area (Å²) in [6.07, 6.45) is 2.32. The van der Waals surface area contributed by atoms with Crippen LogP contribution in [0.1, 0.15) is 24.0 Å². The van der Waals surface area contributed by atoms with Gasteiger partial charge in [0, 0.05) is 11.9 Å². The number of hydrogen-bond donors (Lipinski definition) is 2. The molecule has 0 aliphatic rings. The normalized spacial score (nSPS) is 13.0.